The van der Waals surface area contributed by atoms with Gasteiger partial charge in [-0.1, -0.05) is 30.0 Å². The van der Waals surface area contributed by atoms with E-state index in [1.54, 1.807) is 18.2 Å². The Balaban J connectivity index is 2.24. The maximum absolute atomic E-state index is 12.6. The molecule has 112 valence electrons. The molecule has 8 heteroatoms. The van der Waals surface area contributed by atoms with E-state index in [-0.39, 0.29) is 9.79 Å². The zero-order chi connectivity index (χ0) is 15.7. The molecule has 0 aliphatic heterocycles. The normalized spacial score (nSPS) is 11.7. The lowest BCUT2D eigenvalue weighted by Gasteiger charge is -2.05. The van der Waals surface area contributed by atoms with Gasteiger partial charge < -0.3 is 4.98 Å². The number of hydrogen-bond acceptors (Lipinski definition) is 6. The molecule has 0 saturated heterocycles. The molecule has 0 aliphatic carbocycles. The van der Waals surface area contributed by atoms with Crippen LogP contribution in [0, 0.1) is 0 Å². The van der Waals surface area contributed by atoms with Crippen LogP contribution in [0.3, 0.4) is 0 Å². The smallest absolute Gasteiger partial charge is 0.268 e. The lowest BCUT2D eigenvalue weighted by Crippen LogP contribution is -2.18. The molecule has 0 aliphatic rings. The third kappa shape index (κ3) is 2.51. The van der Waals surface area contributed by atoms with E-state index >= 15 is 0 Å². The largest absolute Gasteiger partial charge is 0.305 e. The van der Waals surface area contributed by atoms with Crippen LogP contribution in [-0.4, -0.2) is 29.6 Å². The molecule has 0 saturated carbocycles. The van der Waals surface area contributed by atoms with E-state index in [0.717, 1.165) is 0 Å². The average molecular weight is 333 g/mol. The Morgan fingerprint density at radius 3 is 2.59 bits per heavy atom. The second kappa shape index (κ2) is 5.54. The van der Waals surface area contributed by atoms with Gasteiger partial charge in [0, 0.05) is 11.6 Å². The number of aromatic nitrogens is 3. The highest BCUT2D eigenvalue weighted by Gasteiger charge is 2.22. The Bertz CT molecular complexity index is 999. The number of benzene rings is 1. The number of rotatable bonds is 3. The summed E-state index contributed by atoms with van der Waals surface area (Å²) in [6, 6.07) is 9.13. The third-order valence-electron chi connectivity index (χ3n) is 3.06. The number of thioether (sulfide) groups is 1. The molecular formula is C14H11N3O3S2. The number of pyridine rings is 1. The number of aromatic amines is 1. The first kappa shape index (κ1) is 14.7. The molecule has 0 radical (unpaired) electrons. The summed E-state index contributed by atoms with van der Waals surface area (Å²) < 4.78 is 25.1. The van der Waals surface area contributed by atoms with E-state index in [0.29, 0.717) is 16.2 Å². The second-order valence-electron chi connectivity index (χ2n) is 4.44. The topological polar surface area (TPSA) is 92.8 Å². The Kier molecular flexibility index (Phi) is 3.71. The lowest BCUT2D eigenvalue weighted by molar-refractivity contribution is 0.595. The molecule has 22 heavy (non-hydrogen) atoms. The fourth-order valence-corrected chi connectivity index (χ4v) is 3.67. The molecule has 0 atom stereocenters. The van der Waals surface area contributed by atoms with Gasteiger partial charge in [0.2, 0.25) is 9.84 Å². The minimum Gasteiger partial charge on any atom is -0.305 e. The van der Waals surface area contributed by atoms with Gasteiger partial charge in [-0.2, -0.15) is 0 Å². The van der Waals surface area contributed by atoms with E-state index < -0.39 is 15.4 Å². The molecule has 0 unspecified atom stereocenters. The summed E-state index contributed by atoms with van der Waals surface area (Å²) in [4.78, 5) is 22.7. The predicted molar refractivity (Wildman–Crippen MR) is 83.8 cm³/mol. The standard InChI is InChI=1S/C14H11N3O3S2/c1-21-14-15-8-9-7-11(13(18)16-12(9)17-14)22(19,20)10-5-3-2-4-6-10/h2-8H,1H3,(H,15,16,17,18). The van der Waals surface area contributed by atoms with Crippen molar-refractivity contribution >= 4 is 32.6 Å². The zero-order valence-electron chi connectivity index (χ0n) is 11.5. The molecule has 6 nitrogen and oxygen atoms in total. The highest BCUT2D eigenvalue weighted by atomic mass is 32.2. The molecule has 2 heterocycles. The van der Waals surface area contributed by atoms with Crippen LogP contribution in [0.25, 0.3) is 11.0 Å². The van der Waals surface area contributed by atoms with Crippen molar-refractivity contribution in [2.24, 2.45) is 0 Å². The molecule has 0 bridgehead atoms. The Labute approximate surface area is 130 Å². The summed E-state index contributed by atoms with van der Waals surface area (Å²) >= 11 is 1.33. The minimum absolute atomic E-state index is 0.0708. The van der Waals surface area contributed by atoms with Crippen molar-refractivity contribution in [1.29, 1.82) is 0 Å². The van der Waals surface area contributed by atoms with Crippen molar-refractivity contribution < 1.29 is 8.42 Å². The van der Waals surface area contributed by atoms with Crippen LogP contribution in [0.15, 0.2) is 62.3 Å². The first-order chi connectivity index (χ1) is 10.5. The van der Waals surface area contributed by atoms with E-state index in [4.69, 9.17) is 0 Å². The van der Waals surface area contributed by atoms with Crippen LogP contribution in [0.2, 0.25) is 0 Å². The van der Waals surface area contributed by atoms with Gasteiger partial charge >= 0.3 is 0 Å². The summed E-state index contributed by atoms with van der Waals surface area (Å²) in [5.74, 6) is 0. The fraction of sp³-hybridized carbons (Fsp3) is 0.0714. The van der Waals surface area contributed by atoms with Crippen LogP contribution in [0.4, 0.5) is 0 Å². The molecule has 3 rings (SSSR count). The van der Waals surface area contributed by atoms with E-state index in [1.165, 1.54) is 36.2 Å². The van der Waals surface area contributed by atoms with Crippen LogP contribution >= 0.6 is 11.8 Å². The van der Waals surface area contributed by atoms with Crippen molar-refractivity contribution in [3.63, 3.8) is 0 Å². The number of nitrogens with zero attached hydrogens (tertiary/aromatic N) is 2. The van der Waals surface area contributed by atoms with Gasteiger partial charge in [-0.3, -0.25) is 4.79 Å². The van der Waals surface area contributed by atoms with E-state index in [1.807, 2.05) is 6.26 Å². The highest BCUT2D eigenvalue weighted by Crippen LogP contribution is 2.20. The van der Waals surface area contributed by atoms with Crippen molar-refractivity contribution in [2.75, 3.05) is 6.26 Å². The molecule has 1 N–H and O–H groups in total. The summed E-state index contributed by atoms with van der Waals surface area (Å²) in [6.07, 6.45) is 3.31. The third-order valence-corrected chi connectivity index (χ3v) is 5.40. The zero-order valence-corrected chi connectivity index (χ0v) is 13.1. The van der Waals surface area contributed by atoms with Gasteiger partial charge in [0.1, 0.15) is 10.5 Å². The molecule has 0 amide bonds. The molecular weight excluding hydrogens is 322 g/mol. The van der Waals surface area contributed by atoms with Gasteiger partial charge in [-0.05, 0) is 24.5 Å². The Hall–Kier alpha value is -2.19. The van der Waals surface area contributed by atoms with Crippen molar-refractivity contribution in [2.45, 2.75) is 14.9 Å². The second-order valence-corrected chi connectivity index (χ2v) is 7.13. The number of hydrogen-bond donors (Lipinski definition) is 1. The number of H-pyrrole nitrogens is 1. The summed E-state index contributed by atoms with van der Waals surface area (Å²) in [7, 11) is -3.88. The monoisotopic (exact) mass is 333 g/mol. The SMILES string of the molecule is CSc1ncc2cc(S(=O)(=O)c3ccccc3)c(=O)[nH]c2n1. The number of sulfone groups is 1. The Morgan fingerprint density at radius 1 is 1.18 bits per heavy atom. The lowest BCUT2D eigenvalue weighted by atomic mass is 10.3. The van der Waals surface area contributed by atoms with Crippen LogP contribution in [0.1, 0.15) is 0 Å². The number of fused-ring (bicyclic) bond motifs is 1. The van der Waals surface area contributed by atoms with Crippen LogP contribution < -0.4 is 5.56 Å². The quantitative estimate of drug-likeness (QED) is 0.581. The Morgan fingerprint density at radius 2 is 1.91 bits per heavy atom. The molecule has 3 aromatic rings. The van der Waals surface area contributed by atoms with Crippen LogP contribution in [0.5, 0.6) is 0 Å². The molecule has 2 aromatic heterocycles. The summed E-state index contributed by atoms with van der Waals surface area (Å²) in [5.41, 5.74) is -0.376. The maximum Gasteiger partial charge on any atom is 0.268 e. The van der Waals surface area contributed by atoms with E-state index in [9.17, 15) is 13.2 Å². The molecule has 0 spiro atoms. The number of nitrogens with one attached hydrogen (secondary N) is 1. The average Bonchev–Trinajstić information content (AvgIpc) is 2.54. The van der Waals surface area contributed by atoms with Gasteiger partial charge in [0.15, 0.2) is 5.16 Å². The molecule has 1 aromatic carbocycles. The van der Waals surface area contributed by atoms with Crippen molar-refractivity contribution in [1.82, 2.24) is 15.0 Å². The van der Waals surface area contributed by atoms with Gasteiger partial charge in [0.05, 0.1) is 4.90 Å². The summed E-state index contributed by atoms with van der Waals surface area (Å²) in [6.45, 7) is 0. The summed E-state index contributed by atoms with van der Waals surface area (Å²) in [5, 5.41) is 0.966. The minimum atomic E-state index is -3.88. The van der Waals surface area contributed by atoms with Crippen LogP contribution in [-0.2, 0) is 9.84 Å². The van der Waals surface area contributed by atoms with Crippen molar-refractivity contribution in [3.05, 3.63) is 52.9 Å². The predicted octanol–water partition coefficient (Wildman–Crippen LogP) is 1.87. The molecule has 0 fully saturated rings. The fourth-order valence-electron chi connectivity index (χ4n) is 1.98. The van der Waals surface area contributed by atoms with Crippen molar-refractivity contribution in [3.8, 4) is 0 Å². The van der Waals surface area contributed by atoms with E-state index in [2.05, 4.69) is 15.0 Å². The first-order valence-electron chi connectivity index (χ1n) is 6.26. The first-order valence-corrected chi connectivity index (χ1v) is 8.97. The van der Waals surface area contributed by atoms with Gasteiger partial charge in [0.25, 0.3) is 5.56 Å². The van der Waals surface area contributed by atoms with Gasteiger partial charge in [-0.25, -0.2) is 18.4 Å². The van der Waals surface area contributed by atoms with Gasteiger partial charge in [-0.15, -0.1) is 0 Å². The maximum atomic E-state index is 12.6. The highest BCUT2D eigenvalue weighted by molar-refractivity contribution is 7.98.